The molecule has 0 bridgehead atoms. The summed E-state index contributed by atoms with van der Waals surface area (Å²) in [5.41, 5.74) is 1.06. The van der Waals surface area contributed by atoms with E-state index in [9.17, 15) is 4.79 Å². The van der Waals surface area contributed by atoms with Crippen molar-refractivity contribution >= 4 is 5.91 Å². The fraction of sp³-hybridized carbons (Fsp3) is 0.571. The number of nitrogens with one attached hydrogen (secondary N) is 1. The Hall–Kier alpha value is -0.790. The van der Waals surface area contributed by atoms with Crippen molar-refractivity contribution < 1.29 is 4.79 Å². The summed E-state index contributed by atoms with van der Waals surface area (Å²) in [6.07, 6.45) is 0.931. The van der Waals surface area contributed by atoms with Gasteiger partial charge in [-0.25, -0.2) is 0 Å². The number of amides is 1. The Bertz CT molecular complexity index is 118. The minimum atomic E-state index is 0.00426. The van der Waals surface area contributed by atoms with Gasteiger partial charge in [0.25, 0.3) is 0 Å². The molecular formula is C7H13NO. The van der Waals surface area contributed by atoms with Gasteiger partial charge in [0.15, 0.2) is 0 Å². The van der Waals surface area contributed by atoms with E-state index in [0.29, 0.717) is 6.54 Å². The van der Waals surface area contributed by atoms with E-state index in [1.165, 1.54) is 6.92 Å². The summed E-state index contributed by atoms with van der Waals surface area (Å²) >= 11 is 0. The van der Waals surface area contributed by atoms with Gasteiger partial charge < -0.3 is 5.32 Å². The van der Waals surface area contributed by atoms with E-state index in [4.69, 9.17) is 0 Å². The standard InChI is InChI=1S/C7H13NO/c1-4-6(2)5-8-7(3)9/h2,4-5H2,1,3H3,(H,8,9). The van der Waals surface area contributed by atoms with E-state index in [1.54, 1.807) is 0 Å². The molecule has 0 rings (SSSR count). The van der Waals surface area contributed by atoms with E-state index in [0.717, 1.165) is 12.0 Å². The van der Waals surface area contributed by atoms with Crippen molar-refractivity contribution in [3.05, 3.63) is 12.2 Å². The van der Waals surface area contributed by atoms with E-state index in [2.05, 4.69) is 11.9 Å². The minimum Gasteiger partial charge on any atom is -0.353 e. The monoisotopic (exact) mass is 127 g/mol. The summed E-state index contributed by atoms with van der Waals surface area (Å²) in [6.45, 7) is 7.87. The van der Waals surface area contributed by atoms with Gasteiger partial charge in [-0.1, -0.05) is 19.1 Å². The third kappa shape index (κ3) is 5.07. The summed E-state index contributed by atoms with van der Waals surface area (Å²) in [5.74, 6) is 0.00426. The maximum Gasteiger partial charge on any atom is 0.217 e. The van der Waals surface area contributed by atoms with Crippen LogP contribution in [0.25, 0.3) is 0 Å². The van der Waals surface area contributed by atoms with E-state index >= 15 is 0 Å². The third-order valence-electron chi connectivity index (χ3n) is 1.09. The molecule has 2 heteroatoms. The molecule has 0 spiro atoms. The zero-order valence-corrected chi connectivity index (χ0v) is 6.03. The molecule has 0 saturated carbocycles. The topological polar surface area (TPSA) is 29.1 Å². The number of carbonyl (C=O) groups is 1. The van der Waals surface area contributed by atoms with E-state index < -0.39 is 0 Å². The van der Waals surface area contributed by atoms with Crippen LogP contribution in [0.1, 0.15) is 20.3 Å². The summed E-state index contributed by atoms with van der Waals surface area (Å²) in [4.78, 5) is 10.3. The number of hydrogen-bond donors (Lipinski definition) is 1. The summed E-state index contributed by atoms with van der Waals surface area (Å²) in [6, 6.07) is 0. The van der Waals surface area contributed by atoms with Crippen molar-refractivity contribution in [2.75, 3.05) is 6.54 Å². The average molecular weight is 127 g/mol. The Kier molecular flexibility index (Phi) is 3.76. The molecule has 0 aromatic rings. The number of hydrogen-bond acceptors (Lipinski definition) is 1. The van der Waals surface area contributed by atoms with Crippen LogP contribution in [0.3, 0.4) is 0 Å². The van der Waals surface area contributed by atoms with Crippen LogP contribution in [0.2, 0.25) is 0 Å². The maximum atomic E-state index is 10.3. The van der Waals surface area contributed by atoms with Crippen LogP contribution in [-0.4, -0.2) is 12.5 Å². The first kappa shape index (κ1) is 8.21. The van der Waals surface area contributed by atoms with Crippen LogP contribution in [0.15, 0.2) is 12.2 Å². The van der Waals surface area contributed by atoms with Gasteiger partial charge in [-0.05, 0) is 6.42 Å². The Morgan fingerprint density at radius 1 is 1.67 bits per heavy atom. The molecular weight excluding hydrogens is 114 g/mol. The first-order chi connectivity index (χ1) is 4.16. The van der Waals surface area contributed by atoms with Crippen molar-refractivity contribution in [3.8, 4) is 0 Å². The molecule has 0 aromatic heterocycles. The minimum absolute atomic E-state index is 0.00426. The van der Waals surface area contributed by atoms with Gasteiger partial charge >= 0.3 is 0 Å². The van der Waals surface area contributed by atoms with Gasteiger partial charge in [-0.15, -0.1) is 0 Å². The lowest BCUT2D eigenvalue weighted by Gasteiger charge is -2.00. The predicted octanol–water partition coefficient (Wildman–Crippen LogP) is 1.09. The molecule has 0 radical (unpaired) electrons. The number of rotatable bonds is 3. The molecule has 0 unspecified atom stereocenters. The summed E-state index contributed by atoms with van der Waals surface area (Å²) in [5, 5.41) is 2.66. The largest absolute Gasteiger partial charge is 0.353 e. The molecule has 1 amide bonds. The molecule has 9 heavy (non-hydrogen) atoms. The van der Waals surface area contributed by atoms with Crippen LogP contribution in [0.4, 0.5) is 0 Å². The summed E-state index contributed by atoms with van der Waals surface area (Å²) < 4.78 is 0. The fourth-order valence-corrected chi connectivity index (χ4v) is 0.374. The molecule has 0 aliphatic heterocycles. The van der Waals surface area contributed by atoms with E-state index in [-0.39, 0.29) is 5.91 Å². The first-order valence-corrected chi connectivity index (χ1v) is 3.08. The van der Waals surface area contributed by atoms with Gasteiger partial charge in [0.2, 0.25) is 5.91 Å². The molecule has 0 atom stereocenters. The molecule has 0 fully saturated rings. The molecule has 0 aliphatic rings. The van der Waals surface area contributed by atoms with Gasteiger partial charge in [-0.3, -0.25) is 4.79 Å². The van der Waals surface area contributed by atoms with Gasteiger partial charge in [0.1, 0.15) is 0 Å². The van der Waals surface area contributed by atoms with Crippen molar-refractivity contribution in [2.45, 2.75) is 20.3 Å². The smallest absolute Gasteiger partial charge is 0.217 e. The lowest BCUT2D eigenvalue weighted by Crippen LogP contribution is -2.21. The molecule has 0 saturated heterocycles. The normalized spacial score (nSPS) is 8.67. The maximum absolute atomic E-state index is 10.3. The lowest BCUT2D eigenvalue weighted by molar-refractivity contribution is -0.118. The Labute approximate surface area is 56.0 Å². The van der Waals surface area contributed by atoms with Gasteiger partial charge in [0.05, 0.1) is 0 Å². The molecule has 1 N–H and O–H groups in total. The second-order valence-corrected chi connectivity index (χ2v) is 2.01. The Balaban J connectivity index is 3.28. The molecule has 0 aliphatic carbocycles. The van der Waals surface area contributed by atoms with Crippen molar-refractivity contribution in [2.24, 2.45) is 0 Å². The van der Waals surface area contributed by atoms with Crippen LogP contribution >= 0.6 is 0 Å². The quantitative estimate of drug-likeness (QED) is 0.565. The second kappa shape index (κ2) is 4.13. The van der Waals surface area contributed by atoms with Crippen LogP contribution in [0, 0.1) is 0 Å². The highest BCUT2D eigenvalue weighted by Crippen LogP contribution is 1.91. The Morgan fingerprint density at radius 3 is 2.56 bits per heavy atom. The first-order valence-electron chi connectivity index (χ1n) is 3.08. The van der Waals surface area contributed by atoms with Crippen molar-refractivity contribution in [3.63, 3.8) is 0 Å². The van der Waals surface area contributed by atoms with Gasteiger partial charge in [-0.2, -0.15) is 0 Å². The molecule has 0 heterocycles. The fourth-order valence-electron chi connectivity index (χ4n) is 0.374. The highest BCUT2D eigenvalue weighted by molar-refractivity contribution is 5.73. The summed E-state index contributed by atoms with van der Waals surface area (Å²) in [7, 11) is 0. The molecule has 52 valence electrons. The van der Waals surface area contributed by atoms with Gasteiger partial charge in [0, 0.05) is 13.5 Å². The molecule has 2 nitrogen and oxygen atoms in total. The highest BCUT2D eigenvalue weighted by Gasteiger charge is 1.90. The SMILES string of the molecule is C=C(CC)CNC(C)=O. The highest BCUT2D eigenvalue weighted by atomic mass is 16.1. The van der Waals surface area contributed by atoms with Crippen LogP contribution in [-0.2, 0) is 4.79 Å². The van der Waals surface area contributed by atoms with Crippen LogP contribution in [0.5, 0.6) is 0 Å². The van der Waals surface area contributed by atoms with Crippen molar-refractivity contribution in [1.82, 2.24) is 5.32 Å². The Morgan fingerprint density at radius 2 is 2.22 bits per heavy atom. The molecule has 0 aromatic carbocycles. The zero-order valence-electron chi connectivity index (χ0n) is 6.03. The zero-order chi connectivity index (χ0) is 7.28. The number of carbonyl (C=O) groups excluding carboxylic acids is 1. The predicted molar refractivity (Wildman–Crippen MR) is 38.1 cm³/mol. The van der Waals surface area contributed by atoms with Crippen LogP contribution < -0.4 is 5.32 Å². The third-order valence-corrected chi connectivity index (χ3v) is 1.09. The average Bonchev–Trinajstić information content (AvgIpc) is 1.83. The second-order valence-electron chi connectivity index (χ2n) is 2.01. The lowest BCUT2D eigenvalue weighted by atomic mass is 10.2. The van der Waals surface area contributed by atoms with E-state index in [1.807, 2.05) is 6.92 Å². The van der Waals surface area contributed by atoms with Crippen molar-refractivity contribution in [1.29, 1.82) is 0 Å².